The van der Waals surface area contributed by atoms with Crippen LogP contribution in [-0.2, 0) is 4.79 Å². The first-order valence-corrected chi connectivity index (χ1v) is 5.99. The summed E-state index contributed by atoms with van der Waals surface area (Å²) in [4.78, 5) is 13.8. The summed E-state index contributed by atoms with van der Waals surface area (Å²) in [5.41, 5.74) is 0.968. The molecule has 1 aromatic carbocycles. The van der Waals surface area contributed by atoms with Crippen LogP contribution in [0.1, 0.15) is 33.1 Å². The molecular formula is C14H21NO. The Morgan fingerprint density at radius 3 is 2.50 bits per heavy atom. The molecule has 88 valence electrons. The van der Waals surface area contributed by atoms with Gasteiger partial charge in [0, 0.05) is 18.7 Å². The van der Waals surface area contributed by atoms with Crippen molar-refractivity contribution < 1.29 is 4.79 Å². The quantitative estimate of drug-likeness (QED) is 0.742. The average Bonchev–Trinajstić information content (AvgIpc) is 2.35. The number of unbranched alkanes of at least 4 members (excludes halogenated alkanes) is 1. The van der Waals surface area contributed by atoms with Crippen molar-refractivity contribution >= 4 is 11.6 Å². The molecule has 0 aliphatic rings. The zero-order valence-electron chi connectivity index (χ0n) is 10.4. The van der Waals surface area contributed by atoms with E-state index in [4.69, 9.17) is 0 Å². The van der Waals surface area contributed by atoms with Crippen molar-refractivity contribution in [3.05, 3.63) is 30.3 Å². The number of hydrogen-bond acceptors (Lipinski definition) is 1. The molecule has 2 nitrogen and oxygen atoms in total. The number of nitrogens with zero attached hydrogens (tertiary/aromatic N) is 1. The van der Waals surface area contributed by atoms with Crippen molar-refractivity contribution in [2.75, 3.05) is 11.9 Å². The predicted octanol–water partition coefficient (Wildman–Crippen LogP) is 3.48. The van der Waals surface area contributed by atoms with Gasteiger partial charge in [0.15, 0.2) is 0 Å². The first kappa shape index (κ1) is 12.8. The number of amides is 1. The van der Waals surface area contributed by atoms with E-state index in [1.807, 2.05) is 44.3 Å². The van der Waals surface area contributed by atoms with E-state index in [-0.39, 0.29) is 11.8 Å². The molecule has 0 saturated heterocycles. The molecule has 1 atom stereocenters. The third-order valence-corrected chi connectivity index (χ3v) is 2.89. The Morgan fingerprint density at radius 1 is 1.31 bits per heavy atom. The molecule has 0 heterocycles. The lowest BCUT2D eigenvalue weighted by Crippen LogP contribution is -2.31. The summed E-state index contributed by atoms with van der Waals surface area (Å²) in [6.45, 7) is 4.16. The normalized spacial score (nSPS) is 12.2. The van der Waals surface area contributed by atoms with Crippen LogP contribution >= 0.6 is 0 Å². The minimum absolute atomic E-state index is 0.116. The van der Waals surface area contributed by atoms with Crippen LogP contribution in [0.5, 0.6) is 0 Å². The lowest BCUT2D eigenvalue weighted by Gasteiger charge is -2.21. The molecule has 1 rings (SSSR count). The number of hydrogen-bond donors (Lipinski definition) is 0. The van der Waals surface area contributed by atoms with Gasteiger partial charge in [-0.2, -0.15) is 0 Å². The topological polar surface area (TPSA) is 20.3 Å². The minimum atomic E-state index is 0.116. The molecule has 1 unspecified atom stereocenters. The first-order valence-electron chi connectivity index (χ1n) is 5.99. The Bertz CT molecular complexity index is 321. The largest absolute Gasteiger partial charge is 0.315 e. The summed E-state index contributed by atoms with van der Waals surface area (Å²) in [6.07, 6.45) is 3.24. The summed E-state index contributed by atoms with van der Waals surface area (Å²) >= 11 is 0. The lowest BCUT2D eigenvalue weighted by atomic mass is 10.0. The fourth-order valence-electron chi connectivity index (χ4n) is 1.74. The van der Waals surface area contributed by atoms with E-state index in [0.717, 1.165) is 24.9 Å². The molecule has 0 radical (unpaired) electrons. The Hall–Kier alpha value is -1.31. The third kappa shape index (κ3) is 3.37. The number of rotatable bonds is 5. The van der Waals surface area contributed by atoms with E-state index in [1.165, 1.54) is 0 Å². The number of anilines is 1. The standard InChI is InChI=1S/C14H21NO/c1-4-5-9-12(2)14(16)15(3)13-10-7-6-8-11-13/h6-8,10-12H,4-5,9H2,1-3H3. The van der Waals surface area contributed by atoms with Gasteiger partial charge in [-0.1, -0.05) is 44.9 Å². The van der Waals surface area contributed by atoms with Crippen LogP contribution in [0.25, 0.3) is 0 Å². The molecular weight excluding hydrogens is 198 g/mol. The Labute approximate surface area is 98.3 Å². The number of carbonyl (C=O) groups excluding carboxylic acids is 1. The van der Waals surface area contributed by atoms with E-state index in [2.05, 4.69) is 6.92 Å². The summed E-state index contributed by atoms with van der Waals surface area (Å²) in [6, 6.07) is 9.79. The predicted molar refractivity (Wildman–Crippen MR) is 68.5 cm³/mol. The summed E-state index contributed by atoms with van der Waals surface area (Å²) in [5.74, 6) is 0.324. The molecule has 0 aliphatic carbocycles. The van der Waals surface area contributed by atoms with E-state index < -0.39 is 0 Å². The van der Waals surface area contributed by atoms with Crippen LogP contribution in [0.2, 0.25) is 0 Å². The molecule has 0 spiro atoms. The molecule has 0 bridgehead atoms. The molecule has 0 aromatic heterocycles. The number of para-hydroxylation sites is 1. The van der Waals surface area contributed by atoms with Crippen molar-refractivity contribution in [3.63, 3.8) is 0 Å². The molecule has 0 N–H and O–H groups in total. The van der Waals surface area contributed by atoms with Crippen molar-refractivity contribution in [2.24, 2.45) is 5.92 Å². The second-order valence-electron chi connectivity index (χ2n) is 4.28. The SMILES string of the molecule is CCCCC(C)C(=O)N(C)c1ccccc1. The van der Waals surface area contributed by atoms with Gasteiger partial charge in [-0.3, -0.25) is 4.79 Å². The number of benzene rings is 1. The first-order chi connectivity index (χ1) is 7.66. The van der Waals surface area contributed by atoms with Crippen LogP contribution in [-0.4, -0.2) is 13.0 Å². The van der Waals surface area contributed by atoms with Gasteiger partial charge < -0.3 is 4.90 Å². The molecule has 1 amide bonds. The molecule has 0 saturated carbocycles. The van der Waals surface area contributed by atoms with Crippen molar-refractivity contribution in [2.45, 2.75) is 33.1 Å². The minimum Gasteiger partial charge on any atom is -0.315 e. The van der Waals surface area contributed by atoms with Gasteiger partial charge >= 0.3 is 0 Å². The fraction of sp³-hybridized carbons (Fsp3) is 0.500. The van der Waals surface area contributed by atoms with Crippen LogP contribution < -0.4 is 4.90 Å². The molecule has 1 aromatic rings. The van der Waals surface area contributed by atoms with E-state index >= 15 is 0 Å². The highest BCUT2D eigenvalue weighted by molar-refractivity contribution is 5.94. The Kier molecular flexibility index (Phi) is 5.03. The van der Waals surface area contributed by atoms with Crippen LogP contribution in [0.15, 0.2) is 30.3 Å². The Balaban J connectivity index is 2.60. The summed E-state index contributed by atoms with van der Waals surface area (Å²) < 4.78 is 0. The highest BCUT2D eigenvalue weighted by Gasteiger charge is 2.17. The highest BCUT2D eigenvalue weighted by Crippen LogP contribution is 2.17. The monoisotopic (exact) mass is 219 g/mol. The maximum Gasteiger partial charge on any atom is 0.229 e. The summed E-state index contributed by atoms with van der Waals surface area (Å²) in [7, 11) is 1.85. The Morgan fingerprint density at radius 2 is 1.94 bits per heavy atom. The zero-order valence-corrected chi connectivity index (χ0v) is 10.4. The molecule has 2 heteroatoms. The van der Waals surface area contributed by atoms with Crippen LogP contribution in [0, 0.1) is 5.92 Å². The van der Waals surface area contributed by atoms with Gasteiger partial charge in [-0.05, 0) is 18.6 Å². The second kappa shape index (κ2) is 6.31. The van der Waals surface area contributed by atoms with Gasteiger partial charge in [-0.25, -0.2) is 0 Å². The van der Waals surface area contributed by atoms with Crippen molar-refractivity contribution in [1.29, 1.82) is 0 Å². The second-order valence-corrected chi connectivity index (χ2v) is 4.28. The van der Waals surface area contributed by atoms with Crippen LogP contribution in [0.4, 0.5) is 5.69 Å². The van der Waals surface area contributed by atoms with Gasteiger partial charge in [0.2, 0.25) is 5.91 Å². The molecule has 16 heavy (non-hydrogen) atoms. The zero-order chi connectivity index (χ0) is 12.0. The van der Waals surface area contributed by atoms with Gasteiger partial charge in [0.1, 0.15) is 0 Å². The van der Waals surface area contributed by atoms with Crippen LogP contribution in [0.3, 0.4) is 0 Å². The third-order valence-electron chi connectivity index (χ3n) is 2.89. The highest BCUT2D eigenvalue weighted by atomic mass is 16.2. The average molecular weight is 219 g/mol. The smallest absolute Gasteiger partial charge is 0.229 e. The van der Waals surface area contributed by atoms with Crippen molar-refractivity contribution in [1.82, 2.24) is 0 Å². The van der Waals surface area contributed by atoms with E-state index in [1.54, 1.807) is 4.90 Å². The number of carbonyl (C=O) groups is 1. The van der Waals surface area contributed by atoms with Gasteiger partial charge in [0.05, 0.1) is 0 Å². The van der Waals surface area contributed by atoms with E-state index in [0.29, 0.717) is 0 Å². The van der Waals surface area contributed by atoms with Gasteiger partial charge in [-0.15, -0.1) is 0 Å². The lowest BCUT2D eigenvalue weighted by molar-refractivity contribution is -0.121. The van der Waals surface area contributed by atoms with Gasteiger partial charge in [0.25, 0.3) is 0 Å². The molecule has 0 fully saturated rings. The van der Waals surface area contributed by atoms with Crippen molar-refractivity contribution in [3.8, 4) is 0 Å². The summed E-state index contributed by atoms with van der Waals surface area (Å²) in [5, 5.41) is 0. The fourth-order valence-corrected chi connectivity index (χ4v) is 1.74. The maximum atomic E-state index is 12.1. The molecule has 0 aliphatic heterocycles. The maximum absolute atomic E-state index is 12.1. The van der Waals surface area contributed by atoms with E-state index in [9.17, 15) is 4.79 Å².